The molecule has 1 saturated heterocycles. The molecule has 21 heavy (non-hydrogen) atoms. The molecule has 5 nitrogen and oxygen atoms in total. The highest BCUT2D eigenvalue weighted by atomic mass is 32.2. The van der Waals surface area contributed by atoms with Gasteiger partial charge in [0.2, 0.25) is 10.0 Å². The first kappa shape index (κ1) is 16.9. The third kappa shape index (κ3) is 4.50. The minimum absolute atomic E-state index is 0.0454. The fraction of sp³-hybridized carbons (Fsp3) is 0.714. The summed E-state index contributed by atoms with van der Waals surface area (Å²) in [4.78, 5) is 3.37. The highest BCUT2D eigenvalue weighted by Gasteiger charge is 2.27. The van der Waals surface area contributed by atoms with E-state index in [4.69, 9.17) is 0 Å². The van der Waals surface area contributed by atoms with E-state index in [-0.39, 0.29) is 6.04 Å². The molecule has 1 aliphatic heterocycles. The lowest BCUT2D eigenvalue weighted by Gasteiger charge is -2.35. The van der Waals surface area contributed by atoms with Crippen molar-refractivity contribution < 1.29 is 8.42 Å². The molecule has 0 bridgehead atoms. The minimum Gasteiger partial charge on any atom is -0.319 e. The number of likely N-dealkylation sites (N-methyl/N-ethyl adjacent to an activating group) is 1. The molecule has 1 aromatic rings. The Morgan fingerprint density at radius 2 is 2.19 bits per heavy atom. The van der Waals surface area contributed by atoms with Crippen LogP contribution in [0.5, 0.6) is 0 Å². The highest BCUT2D eigenvalue weighted by molar-refractivity contribution is 7.91. The van der Waals surface area contributed by atoms with Crippen molar-refractivity contribution in [2.75, 3.05) is 27.2 Å². The van der Waals surface area contributed by atoms with E-state index in [1.807, 2.05) is 13.1 Å². The molecule has 0 aromatic carbocycles. The van der Waals surface area contributed by atoms with E-state index >= 15 is 0 Å². The summed E-state index contributed by atoms with van der Waals surface area (Å²) in [5.74, 6) is 0. The Morgan fingerprint density at radius 1 is 1.43 bits per heavy atom. The number of rotatable bonds is 6. The number of nitrogens with zero attached hydrogens (tertiary/aromatic N) is 1. The Balaban J connectivity index is 1.99. The van der Waals surface area contributed by atoms with Crippen molar-refractivity contribution in [1.29, 1.82) is 0 Å². The molecule has 120 valence electrons. The number of hydrogen-bond acceptors (Lipinski definition) is 5. The van der Waals surface area contributed by atoms with Crippen molar-refractivity contribution in [2.45, 2.75) is 42.5 Å². The molecule has 2 unspecified atom stereocenters. The first-order valence-electron chi connectivity index (χ1n) is 7.38. The molecule has 2 rings (SSSR count). The lowest BCUT2D eigenvalue weighted by molar-refractivity contribution is 0.178. The second-order valence-electron chi connectivity index (χ2n) is 5.75. The summed E-state index contributed by atoms with van der Waals surface area (Å²) in [7, 11) is 0.607. The van der Waals surface area contributed by atoms with Gasteiger partial charge in [-0.15, -0.1) is 11.3 Å². The van der Waals surface area contributed by atoms with Crippen LogP contribution in [0.4, 0.5) is 0 Å². The van der Waals surface area contributed by atoms with Gasteiger partial charge >= 0.3 is 0 Å². The maximum atomic E-state index is 12.4. The van der Waals surface area contributed by atoms with Gasteiger partial charge in [0.25, 0.3) is 0 Å². The fourth-order valence-electron chi connectivity index (χ4n) is 2.56. The van der Waals surface area contributed by atoms with Crippen LogP contribution in [0.2, 0.25) is 0 Å². The van der Waals surface area contributed by atoms with Gasteiger partial charge in [0, 0.05) is 17.0 Å². The van der Waals surface area contributed by atoms with Crippen LogP contribution in [0.1, 0.15) is 24.6 Å². The van der Waals surface area contributed by atoms with Gasteiger partial charge in [-0.3, -0.25) is 0 Å². The van der Waals surface area contributed by atoms with E-state index in [9.17, 15) is 8.42 Å². The van der Waals surface area contributed by atoms with Crippen LogP contribution >= 0.6 is 11.3 Å². The molecular formula is C14H25N3O2S2. The number of thiophene rings is 1. The molecular weight excluding hydrogens is 306 g/mol. The number of sulfonamides is 1. The number of likely N-dealkylation sites (tertiary alicyclic amines) is 1. The normalized spacial score (nSPS) is 24.3. The third-order valence-corrected chi connectivity index (χ3v) is 7.21. The second kappa shape index (κ2) is 7.19. The molecule has 0 aliphatic carbocycles. The molecule has 2 atom stereocenters. The van der Waals surface area contributed by atoms with Crippen LogP contribution in [0.15, 0.2) is 16.3 Å². The molecule has 7 heteroatoms. The van der Waals surface area contributed by atoms with E-state index in [0.29, 0.717) is 10.3 Å². The molecule has 2 N–H and O–H groups in total. The Bertz CT molecular complexity index is 556. The maximum absolute atomic E-state index is 12.4. The highest BCUT2D eigenvalue weighted by Crippen LogP contribution is 2.24. The third-order valence-electron chi connectivity index (χ3n) is 4.05. The first-order chi connectivity index (χ1) is 9.92. The minimum atomic E-state index is -3.38. The zero-order valence-corrected chi connectivity index (χ0v) is 14.6. The smallest absolute Gasteiger partial charge is 0.250 e. The summed E-state index contributed by atoms with van der Waals surface area (Å²) < 4.78 is 28.2. The summed E-state index contributed by atoms with van der Waals surface area (Å²) in [5.41, 5.74) is 0. The lowest BCUT2D eigenvalue weighted by atomic mass is 10.0. The predicted molar refractivity (Wildman–Crippen MR) is 87.4 cm³/mol. The van der Waals surface area contributed by atoms with E-state index in [1.54, 1.807) is 6.07 Å². The van der Waals surface area contributed by atoms with Gasteiger partial charge in [0.1, 0.15) is 4.21 Å². The SMILES string of the molecule is CNCCc1ccc(S(=O)(=O)NC2CCN(C)C(C)C2)s1. The van der Waals surface area contributed by atoms with E-state index in [2.05, 4.69) is 28.9 Å². The molecule has 2 heterocycles. The Morgan fingerprint density at radius 3 is 2.86 bits per heavy atom. The van der Waals surface area contributed by atoms with Crippen LogP contribution in [-0.4, -0.2) is 52.6 Å². The standard InChI is InChI=1S/C14H25N3O2S2/c1-11-10-12(7-9-17(11)3)16-21(18,19)14-5-4-13(20-14)6-8-15-2/h4-5,11-12,15-16H,6-10H2,1-3H3. The van der Waals surface area contributed by atoms with Gasteiger partial charge in [-0.2, -0.15) is 0 Å². The molecule has 0 amide bonds. The first-order valence-corrected chi connectivity index (χ1v) is 9.68. The van der Waals surface area contributed by atoms with Crippen LogP contribution in [0.25, 0.3) is 0 Å². The summed E-state index contributed by atoms with van der Waals surface area (Å²) in [5, 5.41) is 3.08. The predicted octanol–water partition coefficient (Wildman–Crippen LogP) is 1.27. The van der Waals surface area contributed by atoms with Crippen molar-refractivity contribution in [1.82, 2.24) is 14.9 Å². The molecule has 0 spiro atoms. The molecule has 1 aromatic heterocycles. The van der Waals surface area contributed by atoms with E-state index < -0.39 is 10.0 Å². The number of nitrogens with one attached hydrogen (secondary N) is 2. The number of hydrogen-bond donors (Lipinski definition) is 2. The van der Waals surface area contributed by atoms with Gasteiger partial charge in [0.05, 0.1) is 0 Å². The quantitative estimate of drug-likeness (QED) is 0.824. The molecule has 1 fully saturated rings. The van der Waals surface area contributed by atoms with E-state index in [1.165, 1.54) is 11.3 Å². The summed E-state index contributed by atoms with van der Waals surface area (Å²) in [6.45, 7) is 3.94. The van der Waals surface area contributed by atoms with Crippen LogP contribution in [0.3, 0.4) is 0 Å². The molecule has 0 saturated carbocycles. The number of piperidine rings is 1. The lowest BCUT2D eigenvalue weighted by Crippen LogP contribution is -2.47. The Hall–Kier alpha value is -0.470. The van der Waals surface area contributed by atoms with Crippen molar-refractivity contribution in [3.05, 3.63) is 17.0 Å². The van der Waals surface area contributed by atoms with Gasteiger partial charge in [-0.1, -0.05) is 0 Å². The monoisotopic (exact) mass is 331 g/mol. The van der Waals surface area contributed by atoms with Crippen molar-refractivity contribution in [3.8, 4) is 0 Å². The zero-order chi connectivity index (χ0) is 15.5. The largest absolute Gasteiger partial charge is 0.319 e. The average molecular weight is 332 g/mol. The Labute approximate surface area is 131 Å². The zero-order valence-electron chi connectivity index (χ0n) is 12.9. The second-order valence-corrected chi connectivity index (χ2v) is 8.86. The topological polar surface area (TPSA) is 61.4 Å². The summed E-state index contributed by atoms with van der Waals surface area (Å²) >= 11 is 1.37. The van der Waals surface area contributed by atoms with Crippen molar-refractivity contribution in [3.63, 3.8) is 0 Å². The van der Waals surface area contributed by atoms with Gasteiger partial charge in [-0.25, -0.2) is 13.1 Å². The van der Waals surface area contributed by atoms with Gasteiger partial charge in [-0.05, 0) is 65.5 Å². The summed E-state index contributed by atoms with van der Waals surface area (Å²) in [6.07, 6.45) is 2.60. The fourth-order valence-corrected chi connectivity index (χ4v) is 5.21. The van der Waals surface area contributed by atoms with Crippen molar-refractivity contribution in [2.24, 2.45) is 0 Å². The summed E-state index contributed by atoms with van der Waals surface area (Å²) in [6, 6.07) is 4.09. The van der Waals surface area contributed by atoms with Crippen molar-refractivity contribution >= 4 is 21.4 Å². The van der Waals surface area contributed by atoms with E-state index in [0.717, 1.165) is 37.2 Å². The maximum Gasteiger partial charge on any atom is 0.250 e. The average Bonchev–Trinajstić information content (AvgIpc) is 2.90. The Kier molecular flexibility index (Phi) is 5.79. The molecule has 1 aliphatic rings. The van der Waals surface area contributed by atoms with Crippen LogP contribution in [0, 0.1) is 0 Å². The van der Waals surface area contributed by atoms with Gasteiger partial charge < -0.3 is 10.2 Å². The van der Waals surface area contributed by atoms with Crippen LogP contribution in [-0.2, 0) is 16.4 Å². The van der Waals surface area contributed by atoms with Crippen LogP contribution < -0.4 is 10.0 Å². The molecule has 0 radical (unpaired) electrons. The van der Waals surface area contributed by atoms with Gasteiger partial charge in [0.15, 0.2) is 0 Å².